The van der Waals surface area contributed by atoms with Gasteiger partial charge in [0.15, 0.2) is 0 Å². The highest BCUT2D eigenvalue weighted by Gasteiger charge is 2.43. The summed E-state index contributed by atoms with van der Waals surface area (Å²) in [6, 6.07) is 9.54. The molecule has 0 saturated carbocycles. The number of benzene rings is 2. The number of sulfonamides is 1. The molecular formula is C22H26Cl2N2O6S. The van der Waals surface area contributed by atoms with E-state index >= 15 is 0 Å². The number of amides is 1. The molecule has 2 aromatic carbocycles. The summed E-state index contributed by atoms with van der Waals surface area (Å²) in [5, 5.41) is 0.708. The van der Waals surface area contributed by atoms with Gasteiger partial charge >= 0.3 is 0 Å². The molecule has 33 heavy (non-hydrogen) atoms. The Hall–Kier alpha value is -2.20. The molecule has 2 aromatic rings. The molecular weight excluding hydrogens is 491 g/mol. The Morgan fingerprint density at radius 2 is 1.79 bits per heavy atom. The van der Waals surface area contributed by atoms with Crippen molar-refractivity contribution in [3.05, 3.63) is 46.4 Å². The fourth-order valence-corrected chi connectivity index (χ4v) is 6.18. The average molecular weight is 517 g/mol. The summed E-state index contributed by atoms with van der Waals surface area (Å²) < 4.78 is 44.9. The largest absolute Gasteiger partial charge is 0.495 e. The predicted molar refractivity (Wildman–Crippen MR) is 126 cm³/mol. The number of carbonyl (C=O) groups excluding carboxylic acids is 1. The van der Waals surface area contributed by atoms with Crippen molar-refractivity contribution in [1.29, 1.82) is 0 Å². The third-order valence-corrected chi connectivity index (χ3v) is 8.00. The summed E-state index contributed by atoms with van der Waals surface area (Å²) in [4.78, 5) is 11.8. The Labute approximate surface area is 203 Å². The van der Waals surface area contributed by atoms with Crippen LogP contribution in [0.4, 0.5) is 0 Å². The lowest BCUT2D eigenvalue weighted by Gasteiger charge is -2.41. The Kier molecular flexibility index (Phi) is 8.00. The second-order valence-corrected chi connectivity index (χ2v) is 10.7. The van der Waals surface area contributed by atoms with E-state index in [1.54, 1.807) is 24.3 Å². The molecule has 0 radical (unpaired) electrons. The van der Waals surface area contributed by atoms with Crippen LogP contribution in [0.25, 0.3) is 0 Å². The summed E-state index contributed by atoms with van der Waals surface area (Å²) in [7, 11) is -1.21. The maximum Gasteiger partial charge on any atom is 0.246 e. The van der Waals surface area contributed by atoms with Gasteiger partial charge in [0.2, 0.25) is 15.9 Å². The molecule has 1 amide bonds. The predicted octanol–water partition coefficient (Wildman–Crippen LogP) is 3.74. The topological polar surface area (TPSA) is 108 Å². The lowest BCUT2D eigenvalue weighted by atomic mass is 9.78. The maximum atomic E-state index is 13.6. The Morgan fingerprint density at radius 1 is 1.12 bits per heavy atom. The number of hydrogen-bond acceptors (Lipinski definition) is 6. The maximum absolute atomic E-state index is 13.6. The van der Waals surface area contributed by atoms with Gasteiger partial charge in [0.1, 0.15) is 22.1 Å². The lowest BCUT2D eigenvalue weighted by molar-refractivity contribution is -0.121. The molecule has 180 valence electrons. The van der Waals surface area contributed by atoms with Crippen LogP contribution in [-0.4, -0.2) is 52.5 Å². The number of primary amides is 1. The minimum atomic E-state index is -4.00. The second kappa shape index (κ2) is 10.4. The molecule has 2 N–H and O–H groups in total. The highest BCUT2D eigenvalue weighted by atomic mass is 35.5. The van der Waals surface area contributed by atoms with Crippen LogP contribution in [0.2, 0.25) is 10.0 Å². The molecule has 0 bridgehead atoms. The van der Waals surface area contributed by atoms with E-state index in [2.05, 4.69) is 0 Å². The first-order valence-corrected chi connectivity index (χ1v) is 12.4. The number of ether oxygens (including phenoxy) is 3. The monoisotopic (exact) mass is 516 g/mol. The van der Waals surface area contributed by atoms with Gasteiger partial charge in [-0.25, -0.2) is 8.42 Å². The normalized spacial score (nSPS) is 19.2. The number of rotatable bonds is 9. The van der Waals surface area contributed by atoms with Crippen molar-refractivity contribution in [1.82, 2.24) is 4.31 Å². The van der Waals surface area contributed by atoms with E-state index in [1.807, 2.05) is 0 Å². The van der Waals surface area contributed by atoms with Gasteiger partial charge in [-0.05, 0) is 43.2 Å². The third-order valence-electron chi connectivity index (χ3n) is 5.59. The van der Waals surface area contributed by atoms with Crippen molar-refractivity contribution in [3.8, 4) is 17.2 Å². The van der Waals surface area contributed by atoms with Crippen LogP contribution in [-0.2, 0) is 14.8 Å². The van der Waals surface area contributed by atoms with Crippen molar-refractivity contribution in [3.63, 3.8) is 0 Å². The average Bonchev–Trinajstić information content (AvgIpc) is 2.78. The summed E-state index contributed by atoms with van der Waals surface area (Å²) >= 11 is 12.1. The number of piperidine rings is 1. The Bertz CT molecular complexity index is 1110. The highest BCUT2D eigenvalue weighted by Crippen LogP contribution is 2.40. The van der Waals surface area contributed by atoms with Crippen LogP contribution < -0.4 is 19.9 Å². The zero-order valence-electron chi connectivity index (χ0n) is 18.3. The summed E-state index contributed by atoms with van der Waals surface area (Å²) in [5.41, 5.74) is 4.74. The van der Waals surface area contributed by atoms with Gasteiger partial charge < -0.3 is 19.9 Å². The number of carbonyl (C=O) groups is 1. The van der Waals surface area contributed by atoms with Crippen LogP contribution >= 0.6 is 23.2 Å². The third kappa shape index (κ3) is 5.84. The SMILES string of the molecule is COc1cc(OC)c(S(=O)(=O)N2CCC[C@@](COc3ccc(Cl)cc3)(CC(N)=O)C2)cc1Cl. The lowest BCUT2D eigenvalue weighted by Crippen LogP contribution is -2.50. The molecule has 11 heteroatoms. The number of nitrogens with zero attached hydrogens (tertiary/aromatic N) is 1. The first kappa shape index (κ1) is 25.4. The van der Waals surface area contributed by atoms with Crippen molar-refractivity contribution in [2.75, 3.05) is 33.9 Å². The Morgan fingerprint density at radius 3 is 2.39 bits per heavy atom. The molecule has 8 nitrogen and oxygen atoms in total. The van der Waals surface area contributed by atoms with Gasteiger partial charge in [0.05, 0.1) is 25.8 Å². The summed E-state index contributed by atoms with van der Waals surface area (Å²) in [6.45, 7) is 0.444. The van der Waals surface area contributed by atoms with Crippen LogP contribution in [0.15, 0.2) is 41.3 Å². The van der Waals surface area contributed by atoms with Crippen molar-refractivity contribution in [2.45, 2.75) is 24.2 Å². The molecule has 1 heterocycles. The van der Waals surface area contributed by atoms with Crippen molar-refractivity contribution < 1.29 is 27.4 Å². The number of halogens is 2. The molecule has 0 aromatic heterocycles. The first-order valence-electron chi connectivity index (χ1n) is 10.2. The molecule has 3 rings (SSSR count). The van der Waals surface area contributed by atoms with Crippen molar-refractivity contribution >= 4 is 39.1 Å². The molecule has 1 aliphatic rings. The van der Waals surface area contributed by atoms with E-state index in [0.717, 1.165) is 0 Å². The number of methoxy groups -OCH3 is 2. The van der Waals surface area contributed by atoms with E-state index in [9.17, 15) is 13.2 Å². The van der Waals surface area contributed by atoms with E-state index in [0.29, 0.717) is 29.4 Å². The van der Waals surface area contributed by atoms with Gasteiger partial charge in [0.25, 0.3) is 0 Å². The molecule has 1 aliphatic heterocycles. The molecule has 0 unspecified atom stereocenters. The van der Waals surface area contributed by atoms with Crippen LogP contribution in [0.3, 0.4) is 0 Å². The second-order valence-electron chi connectivity index (χ2n) is 7.97. The minimum absolute atomic E-state index is 0.0207. The van der Waals surface area contributed by atoms with Gasteiger partial charge in [-0.3, -0.25) is 4.79 Å². The zero-order valence-corrected chi connectivity index (χ0v) is 20.7. The molecule has 1 atom stereocenters. The molecule has 0 aliphatic carbocycles. The van der Waals surface area contributed by atoms with Crippen LogP contribution in [0.1, 0.15) is 19.3 Å². The number of nitrogens with two attached hydrogens (primary N) is 1. The van der Waals surface area contributed by atoms with Gasteiger partial charge in [-0.2, -0.15) is 4.31 Å². The standard InChI is InChI=1S/C22H26Cl2N2O6S/c1-30-18-11-19(31-2)20(10-17(18)24)33(28,29)26-9-3-8-22(13-26,12-21(25)27)14-32-16-6-4-15(23)5-7-16/h4-7,10-11H,3,8-9,12-14H2,1-2H3,(H2,25,27)/t22-/m1/s1. The molecule has 1 saturated heterocycles. The molecule has 1 fully saturated rings. The van der Waals surface area contributed by atoms with E-state index in [-0.39, 0.29) is 41.8 Å². The number of hydrogen-bond donors (Lipinski definition) is 1. The summed E-state index contributed by atoms with van der Waals surface area (Å²) in [6.07, 6.45) is 1.09. The fourth-order valence-electron chi connectivity index (χ4n) is 3.99. The molecule has 0 spiro atoms. The van der Waals surface area contributed by atoms with E-state index < -0.39 is 21.3 Å². The van der Waals surface area contributed by atoms with Gasteiger partial charge in [0, 0.05) is 36.0 Å². The fraction of sp³-hybridized carbons (Fsp3) is 0.409. The smallest absolute Gasteiger partial charge is 0.246 e. The summed E-state index contributed by atoms with van der Waals surface area (Å²) in [5.74, 6) is 0.441. The first-order chi connectivity index (χ1) is 15.6. The Balaban J connectivity index is 1.91. The minimum Gasteiger partial charge on any atom is -0.495 e. The zero-order chi connectivity index (χ0) is 24.2. The van der Waals surface area contributed by atoms with Crippen LogP contribution in [0.5, 0.6) is 17.2 Å². The van der Waals surface area contributed by atoms with Gasteiger partial charge in [-0.1, -0.05) is 23.2 Å². The van der Waals surface area contributed by atoms with Crippen LogP contribution in [0, 0.1) is 5.41 Å². The quantitative estimate of drug-likeness (QED) is 0.543. The van der Waals surface area contributed by atoms with Crippen molar-refractivity contribution in [2.24, 2.45) is 11.1 Å². The van der Waals surface area contributed by atoms with E-state index in [4.69, 9.17) is 43.1 Å². The van der Waals surface area contributed by atoms with Gasteiger partial charge in [-0.15, -0.1) is 0 Å². The van der Waals surface area contributed by atoms with E-state index in [1.165, 1.54) is 30.7 Å². The highest BCUT2D eigenvalue weighted by molar-refractivity contribution is 7.89.